The van der Waals surface area contributed by atoms with E-state index in [0.717, 1.165) is 39.3 Å². The van der Waals surface area contributed by atoms with Crippen LogP contribution in [0.5, 0.6) is 0 Å². The van der Waals surface area contributed by atoms with E-state index >= 15 is 0 Å². The van der Waals surface area contributed by atoms with Crippen molar-refractivity contribution in [1.29, 1.82) is 0 Å². The van der Waals surface area contributed by atoms with E-state index in [0.29, 0.717) is 11.9 Å². The molecular formula is C11H16ClN5O. The van der Waals surface area contributed by atoms with Crippen molar-refractivity contribution >= 4 is 17.4 Å². The highest BCUT2D eigenvalue weighted by Gasteiger charge is 2.28. The summed E-state index contributed by atoms with van der Waals surface area (Å²) in [6, 6.07) is 0.676. The van der Waals surface area contributed by atoms with Crippen LogP contribution < -0.4 is 15.8 Å². The Morgan fingerprint density at radius 1 is 1.28 bits per heavy atom. The third-order valence-corrected chi connectivity index (χ3v) is 4.01. The summed E-state index contributed by atoms with van der Waals surface area (Å²) in [5.74, 6) is 0.604. The molecule has 0 bridgehead atoms. The van der Waals surface area contributed by atoms with Crippen molar-refractivity contribution < 1.29 is 0 Å². The number of hydrogen-bond acceptors (Lipinski definition) is 5. The fourth-order valence-electron chi connectivity index (χ4n) is 2.42. The minimum absolute atomic E-state index is 0.191. The molecule has 6 nitrogen and oxygen atoms in total. The van der Waals surface area contributed by atoms with E-state index in [1.165, 1.54) is 6.33 Å². The minimum atomic E-state index is -0.271. The lowest BCUT2D eigenvalue weighted by Gasteiger charge is -2.43. The van der Waals surface area contributed by atoms with Gasteiger partial charge in [-0.25, -0.2) is 4.98 Å². The maximum atomic E-state index is 11.4. The largest absolute Gasteiger partial charge is 0.353 e. The Bertz CT molecular complexity index is 479. The van der Waals surface area contributed by atoms with Gasteiger partial charge in [-0.15, -0.1) is 0 Å². The number of rotatable bonds is 2. The highest BCUT2D eigenvalue weighted by atomic mass is 35.5. The highest BCUT2D eigenvalue weighted by Crippen LogP contribution is 2.20. The molecule has 0 spiro atoms. The Labute approximate surface area is 110 Å². The average molecular weight is 270 g/mol. The van der Waals surface area contributed by atoms with Crippen LogP contribution in [0.1, 0.15) is 0 Å². The van der Waals surface area contributed by atoms with Crippen LogP contribution in [-0.2, 0) is 0 Å². The van der Waals surface area contributed by atoms with Gasteiger partial charge in [0.2, 0.25) is 0 Å². The van der Waals surface area contributed by atoms with Gasteiger partial charge < -0.3 is 15.2 Å². The summed E-state index contributed by atoms with van der Waals surface area (Å²) in [5, 5.41) is 3.47. The lowest BCUT2D eigenvalue weighted by atomic mass is 10.1. The van der Waals surface area contributed by atoms with E-state index in [-0.39, 0.29) is 10.6 Å². The van der Waals surface area contributed by atoms with Crippen molar-refractivity contribution in [2.45, 2.75) is 6.04 Å². The number of anilines is 1. The normalized spacial score (nSPS) is 21.9. The van der Waals surface area contributed by atoms with Crippen molar-refractivity contribution in [3.05, 3.63) is 21.7 Å². The third kappa shape index (κ3) is 2.11. The zero-order chi connectivity index (χ0) is 12.5. The van der Waals surface area contributed by atoms with E-state index < -0.39 is 0 Å². The predicted molar refractivity (Wildman–Crippen MR) is 70.3 cm³/mol. The van der Waals surface area contributed by atoms with Crippen LogP contribution in [-0.4, -0.2) is 60.2 Å². The van der Waals surface area contributed by atoms with Gasteiger partial charge in [-0.3, -0.25) is 9.69 Å². The molecule has 0 aliphatic carbocycles. The first-order chi connectivity index (χ1) is 8.75. The topological polar surface area (TPSA) is 64.3 Å². The molecule has 3 heterocycles. The highest BCUT2D eigenvalue weighted by molar-refractivity contribution is 6.32. The van der Waals surface area contributed by atoms with Gasteiger partial charge in [0, 0.05) is 45.3 Å². The quantitative estimate of drug-likeness (QED) is 0.759. The van der Waals surface area contributed by atoms with Gasteiger partial charge in [-0.1, -0.05) is 11.6 Å². The predicted octanol–water partition coefficient (Wildman–Crippen LogP) is -0.483. The molecule has 0 saturated carbocycles. The molecule has 18 heavy (non-hydrogen) atoms. The van der Waals surface area contributed by atoms with Gasteiger partial charge in [0.05, 0.1) is 6.33 Å². The molecule has 0 amide bonds. The summed E-state index contributed by atoms with van der Waals surface area (Å²) >= 11 is 5.99. The molecule has 2 aliphatic rings. The lowest BCUT2D eigenvalue weighted by Crippen LogP contribution is -2.61. The fourth-order valence-corrected chi connectivity index (χ4v) is 2.65. The summed E-state index contributed by atoms with van der Waals surface area (Å²) in [6.07, 6.45) is 1.41. The molecule has 98 valence electrons. The molecule has 1 aromatic rings. The SMILES string of the molecule is O=c1[nH]cnc(N2CCN(C3CNC3)CC2)c1Cl. The fraction of sp³-hybridized carbons (Fsp3) is 0.636. The van der Waals surface area contributed by atoms with Crippen molar-refractivity contribution in [3.8, 4) is 0 Å². The van der Waals surface area contributed by atoms with Crippen LogP contribution in [0.3, 0.4) is 0 Å². The zero-order valence-corrected chi connectivity index (χ0v) is 10.8. The number of H-pyrrole nitrogens is 1. The third-order valence-electron chi connectivity index (χ3n) is 3.67. The Balaban J connectivity index is 1.68. The first kappa shape index (κ1) is 12.0. The van der Waals surface area contributed by atoms with Gasteiger partial charge in [0.25, 0.3) is 5.56 Å². The van der Waals surface area contributed by atoms with Crippen LogP contribution in [0.4, 0.5) is 5.82 Å². The maximum Gasteiger partial charge on any atom is 0.271 e. The molecule has 2 saturated heterocycles. The molecule has 2 N–H and O–H groups in total. The number of piperazine rings is 1. The number of aromatic amines is 1. The lowest BCUT2D eigenvalue weighted by molar-refractivity contribution is 0.137. The van der Waals surface area contributed by atoms with Crippen LogP contribution in [0.15, 0.2) is 11.1 Å². The number of aromatic nitrogens is 2. The summed E-state index contributed by atoms with van der Waals surface area (Å²) < 4.78 is 0. The number of nitrogens with one attached hydrogen (secondary N) is 2. The minimum Gasteiger partial charge on any atom is -0.353 e. The molecule has 0 aromatic carbocycles. The second-order valence-corrected chi connectivity index (χ2v) is 5.08. The van der Waals surface area contributed by atoms with E-state index in [9.17, 15) is 4.79 Å². The molecule has 0 radical (unpaired) electrons. The smallest absolute Gasteiger partial charge is 0.271 e. The van der Waals surface area contributed by atoms with E-state index in [1.54, 1.807) is 0 Å². The Kier molecular flexibility index (Phi) is 3.23. The monoisotopic (exact) mass is 269 g/mol. The summed E-state index contributed by atoms with van der Waals surface area (Å²) in [4.78, 5) is 22.7. The van der Waals surface area contributed by atoms with Gasteiger partial charge >= 0.3 is 0 Å². The van der Waals surface area contributed by atoms with Crippen LogP contribution in [0.25, 0.3) is 0 Å². The molecule has 7 heteroatoms. The van der Waals surface area contributed by atoms with E-state index in [2.05, 4.69) is 25.1 Å². The van der Waals surface area contributed by atoms with Gasteiger partial charge in [0.15, 0.2) is 5.82 Å². The van der Waals surface area contributed by atoms with E-state index in [4.69, 9.17) is 11.6 Å². The summed E-state index contributed by atoms with van der Waals surface area (Å²) in [5.41, 5.74) is -0.271. The molecule has 0 atom stereocenters. The average Bonchev–Trinajstić information content (AvgIpc) is 2.32. The Morgan fingerprint density at radius 2 is 2.00 bits per heavy atom. The molecule has 1 aromatic heterocycles. The standard InChI is InChI=1S/C11H16ClN5O/c12-9-10(14-7-15-11(9)18)17-3-1-16(2-4-17)8-5-13-6-8/h7-8,13H,1-6H2,(H,14,15,18). The summed E-state index contributed by atoms with van der Waals surface area (Å²) in [6.45, 7) is 5.90. The van der Waals surface area contributed by atoms with Crippen molar-refractivity contribution in [2.24, 2.45) is 0 Å². The van der Waals surface area contributed by atoms with E-state index in [1.807, 2.05) is 0 Å². The zero-order valence-electron chi connectivity index (χ0n) is 10.0. The first-order valence-corrected chi connectivity index (χ1v) is 6.56. The second kappa shape index (κ2) is 4.87. The van der Waals surface area contributed by atoms with Gasteiger partial charge in [-0.2, -0.15) is 0 Å². The molecule has 0 unspecified atom stereocenters. The van der Waals surface area contributed by atoms with Crippen LogP contribution in [0, 0.1) is 0 Å². The van der Waals surface area contributed by atoms with Crippen molar-refractivity contribution in [1.82, 2.24) is 20.2 Å². The number of halogens is 1. The molecule has 2 fully saturated rings. The van der Waals surface area contributed by atoms with Crippen molar-refractivity contribution in [3.63, 3.8) is 0 Å². The molecule has 2 aliphatic heterocycles. The Morgan fingerprint density at radius 3 is 2.61 bits per heavy atom. The van der Waals surface area contributed by atoms with Crippen molar-refractivity contribution in [2.75, 3.05) is 44.2 Å². The number of hydrogen-bond donors (Lipinski definition) is 2. The summed E-state index contributed by atoms with van der Waals surface area (Å²) in [7, 11) is 0. The number of nitrogens with zero attached hydrogens (tertiary/aromatic N) is 3. The van der Waals surface area contributed by atoms with Gasteiger partial charge in [-0.05, 0) is 0 Å². The van der Waals surface area contributed by atoms with Gasteiger partial charge in [0.1, 0.15) is 5.02 Å². The van der Waals surface area contributed by atoms with Crippen LogP contribution >= 0.6 is 11.6 Å². The van der Waals surface area contributed by atoms with Crippen LogP contribution in [0.2, 0.25) is 5.02 Å². The molecular weight excluding hydrogens is 254 g/mol. The second-order valence-electron chi connectivity index (χ2n) is 4.70. The molecule has 3 rings (SSSR count). The maximum absolute atomic E-state index is 11.4. The first-order valence-electron chi connectivity index (χ1n) is 6.18. The Hall–Kier alpha value is -1.11.